The maximum absolute atomic E-state index is 9.54. The van der Waals surface area contributed by atoms with Gasteiger partial charge in [0, 0.05) is 24.7 Å². The Hall–Kier alpha value is -1.07. The van der Waals surface area contributed by atoms with Crippen LogP contribution < -0.4 is 4.90 Å². The van der Waals surface area contributed by atoms with Crippen LogP contribution in [0.3, 0.4) is 0 Å². The Morgan fingerprint density at radius 1 is 1.59 bits per heavy atom. The molecule has 92 valence electrons. The van der Waals surface area contributed by atoms with Gasteiger partial charge < -0.3 is 10.0 Å². The summed E-state index contributed by atoms with van der Waals surface area (Å²) in [5, 5.41) is 11.5. The normalized spacial score (nSPS) is 21.3. The Morgan fingerprint density at radius 2 is 2.47 bits per heavy atom. The number of imidazole rings is 1. The summed E-state index contributed by atoms with van der Waals surface area (Å²) >= 11 is 1.62. The summed E-state index contributed by atoms with van der Waals surface area (Å²) in [6, 6.07) is 0. The van der Waals surface area contributed by atoms with Crippen molar-refractivity contribution >= 4 is 22.1 Å². The van der Waals surface area contributed by atoms with Crippen LogP contribution in [0.25, 0.3) is 4.96 Å². The fourth-order valence-corrected chi connectivity index (χ4v) is 3.33. The van der Waals surface area contributed by atoms with E-state index in [1.807, 2.05) is 16.0 Å². The second-order valence-corrected chi connectivity index (χ2v) is 5.66. The van der Waals surface area contributed by atoms with Gasteiger partial charge in [-0.25, -0.2) is 4.98 Å². The first-order valence-electron chi connectivity index (χ1n) is 6.10. The number of aliphatic hydroxyl groups excluding tert-OH is 1. The Labute approximate surface area is 105 Å². The lowest BCUT2D eigenvalue weighted by Crippen LogP contribution is -2.35. The van der Waals surface area contributed by atoms with Crippen LogP contribution in [0.5, 0.6) is 0 Å². The zero-order chi connectivity index (χ0) is 11.8. The molecule has 1 atom stereocenters. The largest absolute Gasteiger partial charge is 0.390 e. The van der Waals surface area contributed by atoms with Crippen molar-refractivity contribution in [1.29, 1.82) is 0 Å². The Balaban J connectivity index is 2.00. The molecule has 2 aromatic rings. The fraction of sp³-hybridized carbons (Fsp3) is 0.583. The summed E-state index contributed by atoms with van der Waals surface area (Å²) in [5.74, 6) is 1.70. The lowest BCUT2D eigenvalue weighted by atomic mass is 10.0. The highest BCUT2D eigenvalue weighted by molar-refractivity contribution is 7.15. The van der Waals surface area contributed by atoms with Gasteiger partial charge in [0.25, 0.3) is 0 Å². The minimum absolute atomic E-state index is 0.0537. The number of aromatic nitrogens is 2. The molecule has 0 saturated carbocycles. The number of hydrogen-bond donors (Lipinski definition) is 1. The van der Waals surface area contributed by atoms with E-state index in [0.29, 0.717) is 0 Å². The second-order valence-electron chi connectivity index (χ2n) is 4.79. The molecule has 5 heteroatoms. The third-order valence-corrected chi connectivity index (χ3v) is 4.20. The molecule has 0 aliphatic carbocycles. The summed E-state index contributed by atoms with van der Waals surface area (Å²) in [7, 11) is 0. The molecule has 1 unspecified atom stereocenters. The van der Waals surface area contributed by atoms with Crippen molar-refractivity contribution in [3.8, 4) is 0 Å². The maximum Gasteiger partial charge on any atom is 0.195 e. The SMILES string of the molecule is CC1CCCN(c2nc3sccn3c2CO)C1. The molecule has 0 aromatic carbocycles. The van der Waals surface area contributed by atoms with Gasteiger partial charge in [0.15, 0.2) is 10.8 Å². The number of nitrogens with zero attached hydrogens (tertiary/aromatic N) is 3. The lowest BCUT2D eigenvalue weighted by Gasteiger charge is -2.31. The summed E-state index contributed by atoms with van der Waals surface area (Å²) in [5.41, 5.74) is 0.926. The van der Waals surface area contributed by atoms with Crippen molar-refractivity contribution in [2.24, 2.45) is 5.92 Å². The van der Waals surface area contributed by atoms with Crippen LogP contribution in [0.15, 0.2) is 11.6 Å². The molecular formula is C12H17N3OS. The number of aliphatic hydroxyl groups is 1. The van der Waals surface area contributed by atoms with E-state index in [-0.39, 0.29) is 6.61 Å². The monoisotopic (exact) mass is 251 g/mol. The van der Waals surface area contributed by atoms with Crippen molar-refractivity contribution < 1.29 is 5.11 Å². The number of anilines is 1. The van der Waals surface area contributed by atoms with E-state index in [4.69, 9.17) is 0 Å². The van der Waals surface area contributed by atoms with Gasteiger partial charge in [-0.05, 0) is 18.8 Å². The van der Waals surface area contributed by atoms with Crippen molar-refractivity contribution in [3.05, 3.63) is 17.3 Å². The molecule has 2 aromatic heterocycles. The molecule has 1 aliphatic rings. The second kappa shape index (κ2) is 4.31. The third-order valence-electron chi connectivity index (χ3n) is 3.45. The minimum atomic E-state index is 0.0537. The minimum Gasteiger partial charge on any atom is -0.390 e. The summed E-state index contributed by atoms with van der Waals surface area (Å²) < 4.78 is 2.00. The number of piperidine rings is 1. The zero-order valence-electron chi connectivity index (χ0n) is 9.96. The molecule has 1 N–H and O–H groups in total. The third kappa shape index (κ3) is 1.83. The van der Waals surface area contributed by atoms with Gasteiger partial charge in [-0.1, -0.05) is 6.92 Å². The predicted molar refractivity (Wildman–Crippen MR) is 69.6 cm³/mol. The molecule has 1 aliphatic heterocycles. The van der Waals surface area contributed by atoms with Crippen LogP contribution in [0.1, 0.15) is 25.5 Å². The number of hydrogen-bond acceptors (Lipinski definition) is 4. The van der Waals surface area contributed by atoms with Crippen LogP contribution in [0.2, 0.25) is 0 Å². The number of rotatable bonds is 2. The highest BCUT2D eigenvalue weighted by Gasteiger charge is 2.22. The Kier molecular flexibility index (Phi) is 2.80. The van der Waals surface area contributed by atoms with Gasteiger partial charge in [-0.3, -0.25) is 4.40 Å². The average molecular weight is 251 g/mol. The molecule has 17 heavy (non-hydrogen) atoms. The quantitative estimate of drug-likeness (QED) is 0.889. The molecule has 3 heterocycles. The van der Waals surface area contributed by atoms with E-state index in [2.05, 4.69) is 16.8 Å². The van der Waals surface area contributed by atoms with Crippen LogP contribution in [0.4, 0.5) is 5.82 Å². The van der Waals surface area contributed by atoms with Crippen LogP contribution in [-0.2, 0) is 6.61 Å². The van der Waals surface area contributed by atoms with Crippen molar-refractivity contribution in [1.82, 2.24) is 9.38 Å². The van der Waals surface area contributed by atoms with Gasteiger partial charge in [0.05, 0.1) is 12.3 Å². The van der Waals surface area contributed by atoms with E-state index in [9.17, 15) is 5.11 Å². The maximum atomic E-state index is 9.54. The standard InChI is InChI=1S/C12H17N3OS/c1-9-3-2-4-14(7-9)11-10(8-16)15-5-6-17-12(15)13-11/h5-6,9,16H,2-4,7-8H2,1H3. The van der Waals surface area contributed by atoms with Gasteiger partial charge in [0.2, 0.25) is 0 Å². The molecule has 3 rings (SSSR count). The first-order valence-corrected chi connectivity index (χ1v) is 6.98. The highest BCUT2D eigenvalue weighted by atomic mass is 32.1. The van der Waals surface area contributed by atoms with E-state index < -0.39 is 0 Å². The molecule has 0 bridgehead atoms. The zero-order valence-corrected chi connectivity index (χ0v) is 10.8. The number of fused-ring (bicyclic) bond motifs is 1. The average Bonchev–Trinajstić information content (AvgIpc) is 2.88. The first-order chi connectivity index (χ1) is 8.29. The summed E-state index contributed by atoms with van der Waals surface area (Å²) in [6.45, 7) is 4.45. The summed E-state index contributed by atoms with van der Waals surface area (Å²) in [6.07, 6.45) is 4.50. The van der Waals surface area contributed by atoms with Crippen molar-refractivity contribution in [3.63, 3.8) is 0 Å². The van der Waals surface area contributed by atoms with Crippen LogP contribution >= 0.6 is 11.3 Å². The highest BCUT2D eigenvalue weighted by Crippen LogP contribution is 2.28. The molecule has 1 fully saturated rings. The van der Waals surface area contributed by atoms with Gasteiger partial charge in [0.1, 0.15) is 0 Å². The van der Waals surface area contributed by atoms with E-state index in [1.54, 1.807) is 11.3 Å². The fourth-order valence-electron chi connectivity index (χ4n) is 2.60. The molecule has 1 saturated heterocycles. The van der Waals surface area contributed by atoms with Gasteiger partial charge >= 0.3 is 0 Å². The van der Waals surface area contributed by atoms with Crippen molar-refractivity contribution in [2.45, 2.75) is 26.4 Å². The first kappa shape index (κ1) is 11.0. The van der Waals surface area contributed by atoms with Crippen molar-refractivity contribution in [2.75, 3.05) is 18.0 Å². The molecule has 0 radical (unpaired) electrons. The number of thiazole rings is 1. The summed E-state index contributed by atoms with van der Waals surface area (Å²) in [4.78, 5) is 7.94. The van der Waals surface area contributed by atoms with Gasteiger partial charge in [-0.15, -0.1) is 11.3 Å². The topological polar surface area (TPSA) is 40.8 Å². The van der Waals surface area contributed by atoms with Gasteiger partial charge in [-0.2, -0.15) is 0 Å². The Bertz CT molecular complexity index is 519. The van der Waals surface area contributed by atoms with Crippen LogP contribution in [-0.4, -0.2) is 27.6 Å². The Morgan fingerprint density at radius 3 is 3.24 bits per heavy atom. The van der Waals surface area contributed by atoms with Crippen LogP contribution in [0, 0.1) is 5.92 Å². The molecule has 4 nitrogen and oxygen atoms in total. The molecule has 0 spiro atoms. The predicted octanol–water partition coefficient (Wildman–Crippen LogP) is 2.12. The molecular weight excluding hydrogens is 234 g/mol. The molecule has 0 amide bonds. The van der Waals surface area contributed by atoms with E-state index >= 15 is 0 Å². The smallest absolute Gasteiger partial charge is 0.195 e. The van der Waals surface area contributed by atoms with E-state index in [0.717, 1.165) is 35.5 Å². The van der Waals surface area contributed by atoms with E-state index in [1.165, 1.54) is 12.8 Å². The lowest BCUT2D eigenvalue weighted by molar-refractivity contribution is 0.275.